The molecule has 0 amide bonds. The minimum atomic E-state index is -4.08. The largest absolute Gasteiger partial charge is 0.487 e. The van der Waals surface area contributed by atoms with Crippen molar-refractivity contribution in [3.63, 3.8) is 0 Å². The molecule has 0 saturated carbocycles. The number of rotatable bonds is 6. The van der Waals surface area contributed by atoms with Crippen LogP contribution in [0, 0.1) is 13.8 Å². The fraction of sp³-hybridized carbons (Fsp3) is 0.348. The molecule has 1 fully saturated rings. The van der Waals surface area contributed by atoms with Crippen LogP contribution in [-0.2, 0) is 26.2 Å². The molecule has 34 heavy (non-hydrogen) atoms. The lowest BCUT2D eigenvalue weighted by Gasteiger charge is -2.23. The summed E-state index contributed by atoms with van der Waals surface area (Å²) >= 11 is 12.9. The number of ether oxygens (including phenoxy) is 2. The summed E-state index contributed by atoms with van der Waals surface area (Å²) in [5.41, 5.74) is 1.78. The van der Waals surface area contributed by atoms with Crippen molar-refractivity contribution in [2.45, 2.75) is 44.2 Å². The third-order valence-electron chi connectivity index (χ3n) is 5.78. The number of carbonyl (C=O) groups excluding carboxylic acids is 1. The molecule has 180 valence electrons. The monoisotopic (exact) mass is 523 g/mol. The zero-order valence-corrected chi connectivity index (χ0v) is 21.2. The first kappa shape index (κ1) is 24.7. The van der Waals surface area contributed by atoms with E-state index in [9.17, 15) is 13.2 Å². The van der Waals surface area contributed by atoms with Crippen LogP contribution in [0.15, 0.2) is 35.2 Å². The van der Waals surface area contributed by atoms with Crippen molar-refractivity contribution in [2.75, 3.05) is 13.7 Å². The molecule has 1 saturated heterocycles. The average Bonchev–Trinajstić information content (AvgIpc) is 3.29. The smallest absolute Gasteiger partial charge is 0.324 e. The molecule has 3 aromatic rings. The SMILES string of the molecule is COC(=O)[C@@H]1CCCN1S(=O)(=O)c1ccc(Cl)c(COc2cccc3c(C)nc(C)nc23)c1Cl. The standard InChI is InChI=1S/C23H23Cl2N3O5S/c1-13-15-6-4-8-19(22(15)27-14(2)26-13)33-12-16-17(24)9-10-20(21(16)25)34(30,31)28-11-5-7-18(28)23(29)32-3/h4,6,8-10,18H,5,7,11-12H2,1-3H3/t18-/m0/s1. The zero-order valence-electron chi connectivity index (χ0n) is 18.8. The highest BCUT2D eigenvalue weighted by molar-refractivity contribution is 7.89. The van der Waals surface area contributed by atoms with Gasteiger partial charge in [0.25, 0.3) is 0 Å². The first-order chi connectivity index (χ1) is 16.1. The van der Waals surface area contributed by atoms with Crippen LogP contribution in [0.5, 0.6) is 5.75 Å². The van der Waals surface area contributed by atoms with Crippen LogP contribution in [0.2, 0.25) is 10.0 Å². The quantitative estimate of drug-likeness (QED) is 0.439. The predicted molar refractivity (Wildman–Crippen MR) is 129 cm³/mol. The number of nitrogens with zero attached hydrogens (tertiary/aromatic N) is 3. The van der Waals surface area contributed by atoms with Crippen molar-refractivity contribution < 1.29 is 22.7 Å². The summed E-state index contributed by atoms with van der Waals surface area (Å²) in [4.78, 5) is 20.8. The van der Waals surface area contributed by atoms with Gasteiger partial charge < -0.3 is 9.47 Å². The Bertz CT molecular complexity index is 1380. The molecule has 0 radical (unpaired) electrons. The molecule has 11 heteroatoms. The van der Waals surface area contributed by atoms with Crippen molar-refractivity contribution in [1.29, 1.82) is 0 Å². The highest BCUT2D eigenvalue weighted by Gasteiger charge is 2.41. The number of aromatic nitrogens is 2. The van der Waals surface area contributed by atoms with Gasteiger partial charge >= 0.3 is 5.97 Å². The minimum Gasteiger partial charge on any atom is -0.487 e. The van der Waals surface area contributed by atoms with E-state index in [1.54, 1.807) is 13.0 Å². The van der Waals surface area contributed by atoms with Crippen molar-refractivity contribution in [3.8, 4) is 5.75 Å². The van der Waals surface area contributed by atoms with Gasteiger partial charge in [0.05, 0.1) is 12.1 Å². The highest BCUT2D eigenvalue weighted by Crippen LogP contribution is 2.36. The highest BCUT2D eigenvalue weighted by atomic mass is 35.5. The zero-order chi connectivity index (χ0) is 24.6. The van der Waals surface area contributed by atoms with E-state index in [1.807, 2.05) is 19.1 Å². The maximum atomic E-state index is 13.4. The number of carbonyl (C=O) groups is 1. The van der Waals surface area contributed by atoms with Crippen LogP contribution in [0.1, 0.15) is 29.9 Å². The van der Waals surface area contributed by atoms with Crippen LogP contribution in [0.25, 0.3) is 10.9 Å². The summed E-state index contributed by atoms with van der Waals surface area (Å²) in [5, 5.41) is 1.06. The van der Waals surface area contributed by atoms with Gasteiger partial charge in [-0.05, 0) is 44.9 Å². The van der Waals surface area contributed by atoms with Gasteiger partial charge in [-0.3, -0.25) is 4.79 Å². The average molecular weight is 524 g/mol. The minimum absolute atomic E-state index is 0.0507. The fourth-order valence-electron chi connectivity index (χ4n) is 4.12. The molecule has 0 aliphatic carbocycles. The van der Waals surface area contributed by atoms with E-state index in [0.717, 1.165) is 15.4 Å². The molecule has 0 spiro atoms. The van der Waals surface area contributed by atoms with Gasteiger partial charge in [0, 0.05) is 28.2 Å². The van der Waals surface area contributed by atoms with Gasteiger partial charge in [-0.2, -0.15) is 4.31 Å². The Morgan fingerprint density at radius 2 is 1.94 bits per heavy atom. The molecule has 8 nitrogen and oxygen atoms in total. The van der Waals surface area contributed by atoms with E-state index in [0.29, 0.717) is 35.5 Å². The van der Waals surface area contributed by atoms with Gasteiger partial charge in [0.1, 0.15) is 34.6 Å². The lowest BCUT2D eigenvalue weighted by atomic mass is 10.2. The number of esters is 1. The number of benzene rings is 2. The van der Waals surface area contributed by atoms with Crippen molar-refractivity contribution in [1.82, 2.24) is 14.3 Å². The summed E-state index contributed by atoms with van der Waals surface area (Å²) in [6.07, 6.45) is 0.927. The topological polar surface area (TPSA) is 98.7 Å². The first-order valence-electron chi connectivity index (χ1n) is 10.6. The third-order valence-corrected chi connectivity index (χ3v) is 8.63. The van der Waals surface area contributed by atoms with Crippen LogP contribution < -0.4 is 4.74 Å². The number of aryl methyl sites for hydroxylation is 2. The second kappa shape index (κ2) is 9.65. The Kier molecular flexibility index (Phi) is 7.00. The van der Waals surface area contributed by atoms with E-state index in [-0.39, 0.29) is 28.1 Å². The summed E-state index contributed by atoms with van der Waals surface area (Å²) in [7, 11) is -2.84. The molecular formula is C23H23Cl2N3O5S. The van der Waals surface area contributed by atoms with Gasteiger partial charge in [-0.25, -0.2) is 18.4 Å². The lowest BCUT2D eigenvalue weighted by Crippen LogP contribution is -2.41. The Morgan fingerprint density at radius 1 is 1.18 bits per heavy atom. The number of para-hydroxylation sites is 1. The van der Waals surface area contributed by atoms with E-state index in [2.05, 4.69) is 9.97 Å². The number of methoxy groups -OCH3 is 1. The second-order valence-electron chi connectivity index (χ2n) is 7.93. The molecule has 4 rings (SSSR count). The van der Waals surface area contributed by atoms with Gasteiger partial charge in [0.2, 0.25) is 10.0 Å². The molecule has 0 bridgehead atoms. The van der Waals surface area contributed by atoms with Crippen LogP contribution in [-0.4, -0.2) is 48.4 Å². The number of fused-ring (bicyclic) bond motifs is 1. The van der Waals surface area contributed by atoms with Crippen LogP contribution in [0.3, 0.4) is 0 Å². The fourth-order valence-corrected chi connectivity index (χ4v) is 6.63. The Labute approximate surface area is 207 Å². The van der Waals surface area contributed by atoms with Crippen molar-refractivity contribution >= 4 is 50.1 Å². The number of sulfonamides is 1. The molecule has 1 aromatic heterocycles. The van der Waals surface area contributed by atoms with E-state index in [4.69, 9.17) is 32.7 Å². The van der Waals surface area contributed by atoms with E-state index in [1.165, 1.54) is 19.2 Å². The second-order valence-corrected chi connectivity index (χ2v) is 10.6. The van der Waals surface area contributed by atoms with Crippen LogP contribution >= 0.6 is 23.2 Å². The number of hydrogen-bond donors (Lipinski definition) is 0. The molecule has 1 aliphatic heterocycles. The molecule has 2 aromatic carbocycles. The number of hydrogen-bond acceptors (Lipinski definition) is 7. The Hall–Kier alpha value is -2.46. The molecule has 2 heterocycles. The van der Waals surface area contributed by atoms with Gasteiger partial charge in [-0.15, -0.1) is 0 Å². The van der Waals surface area contributed by atoms with E-state index >= 15 is 0 Å². The van der Waals surface area contributed by atoms with Crippen LogP contribution in [0.4, 0.5) is 0 Å². The molecule has 1 aliphatic rings. The van der Waals surface area contributed by atoms with Crippen molar-refractivity contribution in [2.24, 2.45) is 0 Å². The Balaban J connectivity index is 1.68. The summed E-state index contributed by atoms with van der Waals surface area (Å²) in [5.74, 6) is 0.506. The maximum Gasteiger partial charge on any atom is 0.324 e. The predicted octanol–water partition coefficient (Wildman–Crippen LogP) is 4.46. The van der Waals surface area contributed by atoms with Gasteiger partial charge in [-0.1, -0.05) is 35.3 Å². The summed E-state index contributed by atoms with van der Waals surface area (Å²) in [6.45, 7) is 3.80. The number of halogens is 2. The summed E-state index contributed by atoms with van der Waals surface area (Å²) < 4.78 is 38.7. The molecule has 0 unspecified atom stereocenters. The lowest BCUT2D eigenvalue weighted by molar-refractivity contribution is -0.144. The normalized spacial score (nSPS) is 16.7. The first-order valence-corrected chi connectivity index (χ1v) is 12.8. The third kappa shape index (κ3) is 4.45. The molecular weight excluding hydrogens is 501 g/mol. The van der Waals surface area contributed by atoms with Crippen molar-refractivity contribution in [3.05, 3.63) is 57.5 Å². The molecule has 0 N–H and O–H groups in total. The maximum absolute atomic E-state index is 13.4. The molecule has 1 atom stereocenters. The van der Waals surface area contributed by atoms with E-state index < -0.39 is 22.0 Å². The Morgan fingerprint density at radius 3 is 2.68 bits per heavy atom. The van der Waals surface area contributed by atoms with Gasteiger partial charge in [0.15, 0.2) is 0 Å². The summed E-state index contributed by atoms with van der Waals surface area (Å²) in [6, 6.07) is 7.41.